The number of nitrogens with one attached hydrogen (secondary N) is 1. The average Bonchev–Trinajstić information content (AvgIpc) is 2.69. The van der Waals surface area contributed by atoms with E-state index in [2.05, 4.69) is 10.3 Å². The SMILES string of the molecule is CCOc1ccc(Nc2cncc(C(=O)N3CCN(C(C)=O)CC3)c2)cc1. The van der Waals surface area contributed by atoms with E-state index in [9.17, 15) is 9.59 Å². The Morgan fingerprint density at radius 1 is 1.04 bits per heavy atom. The first kappa shape index (κ1) is 18.7. The van der Waals surface area contributed by atoms with Crippen molar-refractivity contribution >= 4 is 23.2 Å². The van der Waals surface area contributed by atoms with Crippen LogP contribution in [0.1, 0.15) is 24.2 Å². The van der Waals surface area contributed by atoms with Crippen molar-refractivity contribution in [3.8, 4) is 5.75 Å². The Morgan fingerprint density at radius 3 is 2.33 bits per heavy atom. The molecule has 2 aromatic rings. The summed E-state index contributed by atoms with van der Waals surface area (Å²) in [6.45, 7) is 6.33. The number of hydrogen-bond acceptors (Lipinski definition) is 5. The molecule has 0 radical (unpaired) electrons. The number of piperazine rings is 1. The average molecular weight is 368 g/mol. The van der Waals surface area contributed by atoms with E-state index < -0.39 is 0 Å². The van der Waals surface area contributed by atoms with Gasteiger partial charge < -0.3 is 19.9 Å². The molecule has 0 spiro atoms. The molecule has 0 aliphatic carbocycles. The molecule has 2 heterocycles. The van der Waals surface area contributed by atoms with Gasteiger partial charge in [0.2, 0.25) is 5.91 Å². The Balaban J connectivity index is 1.64. The fraction of sp³-hybridized carbons (Fsp3) is 0.350. The van der Waals surface area contributed by atoms with Crippen LogP contribution in [0.4, 0.5) is 11.4 Å². The van der Waals surface area contributed by atoms with E-state index in [1.807, 2.05) is 31.2 Å². The first-order chi connectivity index (χ1) is 13.1. The van der Waals surface area contributed by atoms with Gasteiger partial charge in [-0.2, -0.15) is 0 Å². The van der Waals surface area contributed by atoms with Crippen molar-refractivity contribution in [2.75, 3.05) is 38.1 Å². The second-order valence-electron chi connectivity index (χ2n) is 6.34. The van der Waals surface area contributed by atoms with Crippen molar-refractivity contribution in [2.45, 2.75) is 13.8 Å². The third-order valence-corrected chi connectivity index (χ3v) is 4.45. The molecular weight excluding hydrogens is 344 g/mol. The number of hydrogen-bond donors (Lipinski definition) is 1. The molecule has 1 aromatic heterocycles. The van der Waals surface area contributed by atoms with Gasteiger partial charge in [-0.1, -0.05) is 0 Å². The first-order valence-corrected chi connectivity index (χ1v) is 9.06. The van der Waals surface area contributed by atoms with Crippen LogP contribution in [0.3, 0.4) is 0 Å². The van der Waals surface area contributed by atoms with Crippen molar-refractivity contribution in [1.29, 1.82) is 0 Å². The Bertz CT molecular complexity index is 799. The highest BCUT2D eigenvalue weighted by Gasteiger charge is 2.23. The van der Waals surface area contributed by atoms with Crippen molar-refractivity contribution < 1.29 is 14.3 Å². The highest BCUT2D eigenvalue weighted by atomic mass is 16.5. The molecule has 1 N–H and O–H groups in total. The Hall–Kier alpha value is -3.09. The maximum Gasteiger partial charge on any atom is 0.255 e. The molecule has 3 rings (SSSR count). The molecule has 0 atom stereocenters. The van der Waals surface area contributed by atoms with E-state index in [1.54, 1.807) is 35.2 Å². The number of rotatable bonds is 5. The highest BCUT2D eigenvalue weighted by molar-refractivity contribution is 5.95. The number of carbonyl (C=O) groups is 2. The second kappa shape index (κ2) is 8.53. The largest absolute Gasteiger partial charge is 0.494 e. The molecule has 7 nitrogen and oxygen atoms in total. The van der Waals surface area contributed by atoms with Gasteiger partial charge in [-0.3, -0.25) is 14.6 Å². The normalized spacial score (nSPS) is 14.0. The van der Waals surface area contributed by atoms with Crippen LogP contribution in [0.25, 0.3) is 0 Å². The third kappa shape index (κ3) is 4.75. The zero-order valence-electron chi connectivity index (χ0n) is 15.6. The van der Waals surface area contributed by atoms with Crippen LogP contribution in [-0.4, -0.2) is 59.4 Å². The highest BCUT2D eigenvalue weighted by Crippen LogP contribution is 2.21. The number of nitrogens with zero attached hydrogens (tertiary/aromatic N) is 3. The molecule has 1 aliphatic rings. The summed E-state index contributed by atoms with van der Waals surface area (Å²) in [4.78, 5) is 31.9. The Labute approximate surface area is 158 Å². The molecule has 1 fully saturated rings. The van der Waals surface area contributed by atoms with Gasteiger partial charge in [0.25, 0.3) is 5.91 Å². The van der Waals surface area contributed by atoms with Crippen LogP contribution in [0, 0.1) is 0 Å². The topological polar surface area (TPSA) is 74.8 Å². The summed E-state index contributed by atoms with van der Waals surface area (Å²) < 4.78 is 5.44. The van der Waals surface area contributed by atoms with Crippen LogP contribution in [-0.2, 0) is 4.79 Å². The van der Waals surface area contributed by atoms with Gasteiger partial charge in [0.05, 0.1) is 24.1 Å². The molecule has 0 bridgehead atoms. The Morgan fingerprint density at radius 2 is 1.70 bits per heavy atom. The number of amides is 2. The lowest BCUT2D eigenvalue weighted by atomic mass is 10.2. The van der Waals surface area contributed by atoms with Crippen molar-refractivity contribution in [2.24, 2.45) is 0 Å². The minimum atomic E-state index is -0.0685. The first-order valence-electron chi connectivity index (χ1n) is 9.06. The summed E-state index contributed by atoms with van der Waals surface area (Å²) in [6.07, 6.45) is 3.25. The second-order valence-corrected chi connectivity index (χ2v) is 6.34. The summed E-state index contributed by atoms with van der Waals surface area (Å²) in [6, 6.07) is 9.41. The molecule has 0 saturated carbocycles. The molecule has 1 aliphatic heterocycles. The lowest BCUT2D eigenvalue weighted by Crippen LogP contribution is -2.50. The summed E-state index contributed by atoms with van der Waals surface area (Å²) in [5, 5.41) is 3.25. The minimum Gasteiger partial charge on any atom is -0.494 e. The zero-order chi connectivity index (χ0) is 19.2. The molecule has 7 heteroatoms. The van der Waals surface area contributed by atoms with Gasteiger partial charge in [-0.05, 0) is 37.3 Å². The fourth-order valence-corrected chi connectivity index (χ4v) is 3.00. The lowest BCUT2D eigenvalue weighted by molar-refractivity contribution is -0.130. The summed E-state index contributed by atoms with van der Waals surface area (Å²) >= 11 is 0. The van der Waals surface area contributed by atoms with E-state index >= 15 is 0 Å². The molecular formula is C20H24N4O3. The number of aromatic nitrogens is 1. The van der Waals surface area contributed by atoms with Gasteiger partial charge in [0.1, 0.15) is 5.75 Å². The van der Waals surface area contributed by atoms with Crippen LogP contribution in [0.5, 0.6) is 5.75 Å². The molecule has 0 unspecified atom stereocenters. The van der Waals surface area contributed by atoms with Crippen LogP contribution in [0.2, 0.25) is 0 Å². The predicted molar refractivity (Wildman–Crippen MR) is 103 cm³/mol. The minimum absolute atomic E-state index is 0.0466. The summed E-state index contributed by atoms with van der Waals surface area (Å²) in [7, 11) is 0. The van der Waals surface area contributed by atoms with Gasteiger partial charge >= 0.3 is 0 Å². The standard InChI is InChI=1S/C20H24N4O3/c1-3-27-19-6-4-17(5-7-19)22-18-12-16(13-21-14-18)20(26)24-10-8-23(9-11-24)15(2)25/h4-7,12-14,22H,3,8-11H2,1-2H3. The number of carbonyl (C=O) groups excluding carboxylic acids is 2. The van der Waals surface area contributed by atoms with Gasteiger partial charge in [0, 0.05) is 45.0 Å². The molecule has 27 heavy (non-hydrogen) atoms. The third-order valence-electron chi connectivity index (χ3n) is 4.45. The molecule has 1 saturated heterocycles. The quantitative estimate of drug-likeness (QED) is 0.878. The van der Waals surface area contributed by atoms with Crippen molar-refractivity contribution in [3.05, 3.63) is 48.3 Å². The number of anilines is 2. The molecule has 2 amide bonds. The van der Waals surface area contributed by atoms with E-state index in [1.165, 1.54) is 0 Å². The molecule has 1 aromatic carbocycles. The van der Waals surface area contributed by atoms with Crippen molar-refractivity contribution in [3.63, 3.8) is 0 Å². The number of benzene rings is 1. The van der Waals surface area contributed by atoms with E-state index in [4.69, 9.17) is 4.74 Å². The van der Waals surface area contributed by atoms with E-state index in [0.29, 0.717) is 38.3 Å². The van der Waals surface area contributed by atoms with Crippen LogP contribution in [0.15, 0.2) is 42.7 Å². The predicted octanol–water partition coefficient (Wildman–Crippen LogP) is 2.53. The van der Waals surface area contributed by atoms with Gasteiger partial charge in [0.15, 0.2) is 0 Å². The lowest BCUT2D eigenvalue weighted by Gasteiger charge is -2.34. The monoisotopic (exact) mass is 368 g/mol. The zero-order valence-corrected chi connectivity index (χ0v) is 15.6. The molecule has 142 valence electrons. The van der Waals surface area contributed by atoms with E-state index in [0.717, 1.165) is 17.1 Å². The summed E-state index contributed by atoms with van der Waals surface area (Å²) in [5.74, 6) is 0.793. The maximum absolute atomic E-state index is 12.7. The van der Waals surface area contributed by atoms with Crippen LogP contribution < -0.4 is 10.1 Å². The smallest absolute Gasteiger partial charge is 0.255 e. The van der Waals surface area contributed by atoms with Gasteiger partial charge in [-0.15, -0.1) is 0 Å². The van der Waals surface area contributed by atoms with Crippen LogP contribution >= 0.6 is 0 Å². The van der Waals surface area contributed by atoms with Crippen molar-refractivity contribution in [1.82, 2.24) is 14.8 Å². The van der Waals surface area contributed by atoms with E-state index in [-0.39, 0.29) is 11.8 Å². The van der Waals surface area contributed by atoms with Gasteiger partial charge in [-0.25, -0.2) is 0 Å². The number of ether oxygens (including phenoxy) is 1. The summed E-state index contributed by atoms with van der Waals surface area (Å²) in [5.41, 5.74) is 2.16. The number of pyridine rings is 1. The maximum atomic E-state index is 12.7. The Kier molecular flexibility index (Phi) is 5.90. The fourth-order valence-electron chi connectivity index (χ4n) is 3.00.